The van der Waals surface area contributed by atoms with E-state index in [1.807, 2.05) is 19.9 Å². The number of pyridine rings is 1. The Balaban J connectivity index is 1.52. The molecule has 0 radical (unpaired) electrons. The molecular weight excluding hydrogens is 472 g/mol. The number of anilines is 1. The maximum Gasteiger partial charge on any atom is 0.259 e. The number of benzene rings is 1. The highest BCUT2D eigenvalue weighted by atomic mass is 32.2. The van der Waals surface area contributed by atoms with Crippen molar-refractivity contribution in [2.24, 2.45) is 0 Å². The number of aromatic nitrogens is 2. The maximum atomic E-state index is 13.4. The molecule has 1 saturated heterocycles. The second-order valence-corrected chi connectivity index (χ2v) is 11.8. The summed E-state index contributed by atoms with van der Waals surface area (Å²) in [5.41, 5.74) is 3.17. The molecule has 0 spiro atoms. The third-order valence-electron chi connectivity index (χ3n) is 5.97. The Morgan fingerprint density at radius 2 is 1.88 bits per heavy atom. The fraction of sp³-hybridized carbons (Fsp3) is 0.292. The summed E-state index contributed by atoms with van der Waals surface area (Å²) < 4.78 is 32.8. The summed E-state index contributed by atoms with van der Waals surface area (Å²) in [4.78, 5) is 20.4. The molecule has 3 aromatic heterocycles. The highest BCUT2D eigenvalue weighted by Gasteiger charge is 2.27. The van der Waals surface area contributed by atoms with Crippen LogP contribution >= 0.6 is 11.3 Å². The zero-order chi connectivity index (χ0) is 24.0. The Labute approximate surface area is 201 Å². The van der Waals surface area contributed by atoms with E-state index in [0.29, 0.717) is 41.1 Å². The van der Waals surface area contributed by atoms with Crippen LogP contribution in [0.3, 0.4) is 0 Å². The van der Waals surface area contributed by atoms with E-state index in [1.54, 1.807) is 42.5 Å². The third kappa shape index (κ3) is 4.02. The van der Waals surface area contributed by atoms with Crippen LogP contribution in [0.25, 0.3) is 22.4 Å². The van der Waals surface area contributed by atoms with Crippen LogP contribution < -0.4 is 5.32 Å². The molecule has 1 N–H and O–H groups in total. The summed E-state index contributed by atoms with van der Waals surface area (Å²) in [6.45, 7) is 6.83. The first kappa shape index (κ1) is 22.7. The van der Waals surface area contributed by atoms with Gasteiger partial charge in [0.25, 0.3) is 11.6 Å². The number of carbonyl (C=O) groups is 1. The summed E-state index contributed by atoms with van der Waals surface area (Å²) >= 11 is 1.66. The van der Waals surface area contributed by atoms with Crippen molar-refractivity contribution in [3.05, 3.63) is 57.4 Å². The predicted octanol–water partition coefficient (Wildman–Crippen LogP) is 4.91. The quantitative estimate of drug-likeness (QED) is 0.421. The first-order valence-corrected chi connectivity index (χ1v) is 13.3. The molecule has 1 aliphatic rings. The van der Waals surface area contributed by atoms with Crippen LogP contribution in [0.1, 0.15) is 38.6 Å². The van der Waals surface area contributed by atoms with Crippen molar-refractivity contribution in [3.63, 3.8) is 0 Å². The number of carbonyl (C=O) groups excluding carboxylic acids is 1. The molecule has 0 aliphatic carbocycles. The monoisotopic (exact) mass is 496 g/mol. The van der Waals surface area contributed by atoms with Gasteiger partial charge in [0, 0.05) is 34.1 Å². The van der Waals surface area contributed by atoms with Crippen LogP contribution in [-0.4, -0.2) is 41.9 Å². The minimum absolute atomic E-state index is 0.165. The fourth-order valence-corrected chi connectivity index (χ4v) is 6.80. The summed E-state index contributed by atoms with van der Waals surface area (Å²) in [6, 6.07) is 10.1. The molecule has 1 fully saturated rings. The lowest BCUT2D eigenvalue weighted by atomic mass is 10.1. The Morgan fingerprint density at radius 3 is 2.59 bits per heavy atom. The SMILES string of the molecule is Cc1cc(-c2cc(C(=O)Nc3cccc(S(=O)(=O)N4CCCC4)c3)c3c(C)noc3n2)c(C)s1. The van der Waals surface area contributed by atoms with E-state index in [-0.39, 0.29) is 16.5 Å². The Bertz CT molecular complexity index is 1520. The van der Waals surface area contributed by atoms with Crippen LogP contribution in [0.4, 0.5) is 5.69 Å². The lowest BCUT2D eigenvalue weighted by molar-refractivity contribution is 0.102. The molecule has 5 rings (SSSR count). The van der Waals surface area contributed by atoms with Crippen LogP contribution in [-0.2, 0) is 10.0 Å². The van der Waals surface area contributed by atoms with Gasteiger partial charge in [-0.2, -0.15) is 4.31 Å². The summed E-state index contributed by atoms with van der Waals surface area (Å²) in [5.74, 6) is -0.389. The van der Waals surface area contributed by atoms with Crippen LogP contribution in [0.5, 0.6) is 0 Å². The first-order chi connectivity index (χ1) is 16.2. The minimum Gasteiger partial charge on any atom is -0.335 e. The number of rotatable bonds is 5. The topological polar surface area (TPSA) is 105 Å². The Kier molecular flexibility index (Phi) is 5.75. The zero-order valence-corrected chi connectivity index (χ0v) is 20.7. The molecule has 0 unspecified atom stereocenters. The van der Waals surface area contributed by atoms with E-state index in [0.717, 1.165) is 28.2 Å². The van der Waals surface area contributed by atoms with Crippen molar-refractivity contribution in [1.82, 2.24) is 14.4 Å². The highest BCUT2D eigenvalue weighted by Crippen LogP contribution is 2.33. The predicted molar refractivity (Wildman–Crippen MR) is 132 cm³/mol. The average Bonchev–Trinajstić information content (AvgIpc) is 3.54. The van der Waals surface area contributed by atoms with Gasteiger partial charge in [-0.3, -0.25) is 4.79 Å². The van der Waals surface area contributed by atoms with Crippen molar-refractivity contribution < 1.29 is 17.7 Å². The molecule has 4 heterocycles. The van der Waals surface area contributed by atoms with Gasteiger partial charge in [-0.1, -0.05) is 11.2 Å². The first-order valence-electron chi connectivity index (χ1n) is 11.0. The van der Waals surface area contributed by atoms with Gasteiger partial charge in [0.05, 0.1) is 27.2 Å². The molecule has 1 aromatic carbocycles. The minimum atomic E-state index is -3.59. The smallest absolute Gasteiger partial charge is 0.259 e. The summed E-state index contributed by atoms with van der Waals surface area (Å²) in [7, 11) is -3.59. The van der Waals surface area contributed by atoms with Gasteiger partial charge in [-0.15, -0.1) is 11.3 Å². The van der Waals surface area contributed by atoms with E-state index >= 15 is 0 Å². The molecule has 1 amide bonds. The Hall–Kier alpha value is -3.08. The number of nitrogens with zero attached hydrogens (tertiary/aromatic N) is 3. The Morgan fingerprint density at radius 1 is 1.12 bits per heavy atom. The van der Waals surface area contributed by atoms with Crippen LogP contribution in [0, 0.1) is 20.8 Å². The zero-order valence-electron chi connectivity index (χ0n) is 19.1. The van der Waals surface area contributed by atoms with Gasteiger partial charge < -0.3 is 9.84 Å². The fourth-order valence-electron chi connectivity index (χ4n) is 4.31. The van der Waals surface area contributed by atoms with E-state index in [1.165, 1.54) is 10.4 Å². The number of aryl methyl sites for hydroxylation is 3. The maximum absolute atomic E-state index is 13.4. The number of amides is 1. The number of hydrogen-bond acceptors (Lipinski definition) is 7. The van der Waals surface area contributed by atoms with E-state index in [2.05, 4.69) is 15.5 Å². The second-order valence-electron chi connectivity index (χ2n) is 8.42. The number of fused-ring (bicyclic) bond motifs is 1. The third-order valence-corrected chi connectivity index (χ3v) is 8.83. The van der Waals surface area contributed by atoms with Crippen molar-refractivity contribution in [1.29, 1.82) is 0 Å². The molecule has 10 heteroatoms. The van der Waals surface area contributed by atoms with E-state index < -0.39 is 10.0 Å². The van der Waals surface area contributed by atoms with Crippen molar-refractivity contribution >= 4 is 44.1 Å². The van der Waals surface area contributed by atoms with Crippen LogP contribution in [0.2, 0.25) is 0 Å². The molecule has 0 bridgehead atoms. The number of hydrogen-bond donors (Lipinski definition) is 1. The average molecular weight is 497 g/mol. The number of nitrogens with one attached hydrogen (secondary N) is 1. The summed E-state index contributed by atoms with van der Waals surface area (Å²) in [5, 5.41) is 7.39. The van der Waals surface area contributed by atoms with Gasteiger partial charge >= 0.3 is 0 Å². The number of thiophene rings is 1. The molecular formula is C24H24N4O4S2. The normalized spacial score (nSPS) is 14.7. The van der Waals surface area contributed by atoms with Gasteiger partial charge in [-0.05, 0) is 63.9 Å². The molecule has 4 aromatic rings. The standard InChI is InChI=1S/C24H24N4O4S2/c1-14-11-19(16(3)33-14)21-13-20(22-15(2)27-32-24(22)26-21)23(29)25-17-7-6-8-18(12-17)34(30,31)28-9-4-5-10-28/h6-8,11-13H,4-5,9-10H2,1-3H3,(H,25,29). The van der Waals surface area contributed by atoms with Crippen molar-refractivity contribution in [2.75, 3.05) is 18.4 Å². The highest BCUT2D eigenvalue weighted by molar-refractivity contribution is 7.89. The second kappa shape index (κ2) is 8.61. The van der Waals surface area contributed by atoms with Crippen LogP contribution in [0.15, 0.2) is 45.8 Å². The lowest BCUT2D eigenvalue weighted by Crippen LogP contribution is -2.27. The largest absolute Gasteiger partial charge is 0.335 e. The van der Waals surface area contributed by atoms with Gasteiger partial charge in [0.15, 0.2) is 0 Å². The molecule has 8 nitrogen and oxygen atoms in total. The lowest BCUT2D eigenvalue weighted by Gasteiger charge is -2.16. The van der Waals surface area contributed by atoms with E-state index in [4.69, 9.17) is 4.52 Å². The molecule has 34 heavy (non-hydrogen) atoms. The van der Waals surface area contributed by atoms with Crippen molar-refractivity contribution in [3.8, 4) is 11.3 Å². The van der Waals surface area contributed by atoms with Gasteiger partial charge in [-0.25, -0.2) is 13.4 Å². The molecule has 0 saturated carbocycles. The van der Waals surface area contributed by atoms with Gasteiger partial charge in [0.1, 0.15) is 0 Å². The molecule has 176 valence electrons. The molecule has 0 atom stereocenters. The number of sulfonamides is 1. The van der Waals surface area contributed by atoms with Gasteiger partial charge in [0.2, 0.25) is 10.0 Å². The van der Waals surface area contributed by atoms with E-state index in [9.17, 15) is 13.2 Å². The van der Waals surface area contributed by atoms with Crippen molar-refractivity contribution in [2.45, 2.75) is 38.5 Å². The molecule has 1 aliphatic heterocycles. The summed E-state index contributed by atoms with van der Waals surface area (Å²) in [6.07, 6.45) is 1.72.